The molecule has 2 aromatic heterocycles. The molecule has 0 saturated carbocycles. The minimum Gasteiger partial charge on any atom is -0.497 e. The zero-order valence-electron chi connectivity index (χ0n) is 18.5. The molecule has 168 valence electrons. The van der Waals surface area contributed by atoms with Crippen LogP contribution >= 0.6 is 0 Å². The van der Waals surface area contributed by atoms with Crippen molar-refractivity contribution in [2.45, 2.75) is 38.1 Å². The maximum atomic E-state index is 12.6. The minimum absolute atomic E-state index is 0.203. The number of likely N-dealkylation sites (tertiary alicyclic amines) is 1. The number of anilines is 1. The van der Waals surface area contributed by atoms with E-state index < -0.39 is 0 Å². The summed E-state index contributed by atoms with van der Waals surface area (Å²) < 4.78 is 5.19. The summed E-state index contributed by atoms with van der Waals surface area (Å²) in [6, 6.07) is 7.92. The number of hydrogen-bond donors (Lipinski definition) is 1. The van der Waals surface area contributed by atoms with Crippen LogP contribution in [-0.2, 0) is 0 Å². The van der Waals surface area contributed by atoms with E-state index in [9.17, 15) is 4.79 Å². The number of methoxy groups -OCH3 is 1. The molecule has 0 spiro atoms. The lowest BCUT2D eigenvalue weighted by Crippen LogP contribution is -2.41. The second-order valence-corrected chi connectivity index (χ2v) is 8.82. The lowest BCUT2D eigenvalue weighted by molar-refractivity contribution is 0.0969. The zero-order chi connectivity index (χ0) is 21.9. The van der Waals surface area contributed by atoms with Crippen molar-refractivity contribution in [3.05, 3.63) is 42.5 Å². The molecule has 3 aromatic rings. The van der Waals surface area contributed by atoms with Gasteiger partial charge in [-0.2, -0.15) is 0 Å². The largest absolute Gasteiger partial charge is 0.497 e. The smallest absolute Gasteiger partial charge is 0.182 e. The van der Waals surface area contributed by atoms with Gasteiger partial charge in [0.25, 0.3) is 0 Å². The molecule has 2 saturated heterocycles. The molecule has 0 radical (unpaired) electrons. The van der Waals surface area contributed by atoms with Crippen LogP contribution in [0.1, 0.15) is 42.5 Å². The van der Waals surface area contributed by atoms with E-state index in [4.69, 9.17) is 4.74 Å². The third-order valence-corrected chi connectivity index (χ3v) is 6.91. The van der Waals surface area contributed by atoms with E-state index in [0.29, 0.717) is 18.4 Å². The Morgan fingerprint density at radius 3 is 2.88 bits per heavy atom. The first kappa shape index (κ1) is 20.9. The SMILES string of the molecule is COc1ccc(C(=O)CCCN2CCCC[C@H]3CN(c4ncnc5nc[nH]c45)C[C@H]32)cc1. The van der Waals surface area contributed by atoms with Crippen LogP contribution in [-0.4, -0.2) is 69.9 Å². The molecule has 0 aliphatic carbocycles. The van der Waals surface area contributed by atoms with Crippen molar-refractivity contribution in [2.24, 2.45) is 5.92 Å². The van der Waals surface area contributed by atoms with Crippen LogP contribution in [0.2, 0.25) is 0 Å². The fourth-order valence-electron chi connectivity index (χ4n) is 5.25. The number of ketones is 1. The van der Waals surface area contributed by atoms with Crippen LogP contribution < -0.4 is 9.64 Å². The highest BCUT2D eigenvalue weighted by Crippen LogP contribution is 2.34. The van der Waals surface area contributed by atoms with Gasteiger partial charge < -0.3 is 14.6 Å². The third kappa shape index (κ3) is 4.19. The number of carbonyl (C=O) groups is 1. The molecule has 2 aliphatic heterocycles. The van der Waals surface area contributed by atoms with Gasteiger partial charge in [-0.25, -0.2) is 15.0 Å². The molecule has 0 unspecified atom stereocenters. The van der Waals surface area contributed by atoms with E-state index in [1.807, 2.05) is 24.3 Å². The first-order valence-electron chi connectivity index (χ1n) is 11.5. The predicted octanol–water partition coefficient (Wildman–Crippen LogP) is 3.32. The minimum atomic E-state index is 0.203. The number of ether oxygens (including phenoxy) is 1. The number of Topliss-reactive ketones (excluding diaryl/α,β-unsaturated/α-hetero) is 1. The molecular formula is C24H30N6O2. The molecule has 5 rings (SSSR count). The maximum Gasteiger partial charge on any atom is 0.182 e. The second-order valence-electron chi connectivity index (χ2n) is 8.82. The Morgan fingerprint density at radius 1 is 1.16 bits per heavy atom. The van der Waals surface area contributed by atoms with Gasteiger partial charge in [-0.3, -0.25) is 9.69 Å². The number of H-pyrrole nitrogens is 1. The Balaban J connectivity index is 1.22. The number of imidazole rings is 1. The van der Waals surface area contributed by atoms with Crippen molar-refractivity contribution < 1.29 is 9.53 Å². The molecule has 0 bridgehead atoms. The number of benzene rings is 1. The van der Waals surface area contributed by atoms with Crippen LogP contribution in [0.5, 0.6) is 5.75 Å². The van der Waals surface area contributed by atoms with Crippen LogP contribution in [0.3, 0.4) is 0 Å². The fourth-order valence-corrected chi connectivity index (χ4v) is 5.25. The molecule has 1 N–H and O–H groups in total. The van der Waals surface area contributed by atoms with Crippen LogP contribution in [0.25, 0.3) is 11.2 Å². The van der Waals surface area contributed by atoms with Gasteiger partial charge in [-0.1, -0.05) is 6.42 Å². The van der Waals surface area contributed by atoms with E-state index in [-0.39, 0.29) is 5.78 Å². The predicted molar refractivity (Wildman–Crippen MR) is 123 cm³/mol. The van der Waals surface area contributed by atoms with Crippen molar-refractivity contribution >= 4 is 22.8 Å². The average Bonchev–Trinajstić information content (AvgIpc) is 3.44. The number of nitrogens with zero attached hydrogens (tertiary/aromatic N) is 5. The molecule has 8 heteroatoms. The normalized spacial score (nSPS) is 21.5. The Morgan fingerprint density at radius 2 is 2.03 bits per heavy atom. The molecule has 2 fully saturated rings. The maximum absolute atomic E-state index is 12.6. The number of rotatable bonds is 7. The molecule has 8 nitrogen and oxygen atoms in total. The number of carbonyl (C=O) groups excluding carboxylic acids is 1. The Labute approximate surface area is 188 Å². The molecule has 1 aromatic carbocycles. The summed E-state index contributed by atoms with van der Waals surface area (Å²) >= 11 is 0. The Kier molecular flexibility index (Phi) is 6.03. The monoisotopic (exact) mass is 434 g/mol. The number of aromatic nitrogens is 4. The van der Waals surface area contributed by atoms with Gasteiger partial charge in [0.05, 0.1) is 13.4 Å². The van der Waals surface area contributed by atoms with Crippen molar-refractivity contribution in [1.29, 1.82) is 0 Å². The first-order chi connectivity index (χ1) is 15.7. The Hall–Kier alpha value is -3.00. The van der Waals surface area contributed by atoms with E-state index in [1.54, 1.807) is 19.8 Å². The van der Waals surface area contributed by atoms with Gasteiger partial charge in [0.15, 0.2) is 17.2 Å². The van der Waals surface area contributed by atoms with Gasteiger partial charge >= 0.3 is 0 Å². The van der Waals surface area contributed by atoms with Gasteiger partial charge in [0.2, 0.25) is 0 Å². The van der Waals surface area contributed by atoms with Gasteiger partial charge in [0.1, 0.15) is 17.6 Å². The quantitative estimate of drug-likeness (QED) is 0.571. The first-order valence-corrected chi connectivity index (χ1v) is 11.5. The van der Waals surface area contributed by atoms with E-state index in [2.05, 4.69) is 29.7 Å². The van der Waals surface area contributed by atoms with Crippen LogP contribution in [0.15, 0.2) is 36.9 Å². The highest BCUT2D eigenvalue weighted by molar-refractivity contribution is 5.96. The summed E-state index contributed by atoms with van der Waals surface area (Å²) in [7, 11) is 1.64. The number of nitrogens with one attached hydrogen (secondary N) is 1. The standard InChI is InChI=1S/C24H30N6O2/c1-32-19-9-7-17(8-10-19)21(31)6-4-12-29-11-3-2-5-18-13-30(14-20(18)29)24-22-23(26-15-25-22)27-16-28-24/h7-10,15-16,18,20H,2-6,11-14H2,1H3,(H,25,26,27,28)/t18-,20+/m0/s1. The summed E-state index contributed by atoms with van der Waals surface area (Å²) in [4.78, 5) is 33.9. The lowest BCUT2D eigenvalue weighted by atomic mass is 9.98. The topological polar surface area (TPSA) is 87.2 Å². The number of hydrogen-bond acceptors (Lipinski definition) is 7. The summed E-state index contributed by atoms with van der Waals surface area (Å²) in [5.41, 5.74) is 2.40. The van der Waals surface area contributed by atoms with E-state index >= 15 is 0 Å². The second kappa shape index (κ2) is 9.24. The molecule has 0 amide bonds. The zero-order valence-corrected chi connectivity index (χ0v) is 18.5. The lowest BCUT2D eigenvalue weighted by Gasteiger charge is -2.30. The highest BCUT2D eigenvalue weighted by Gasteiger charge is 2.38. The molecule has 2 aliphatic rings. The van der Waals surface area contributed by atoms with Gasteiger partial charge in [0, 0.05) is 31.1 Å². The third-order valence-electron chi connectivity index (χ3n) is 6.91. The van der Waals surface area contributed by atoms with E-state index in [1.165, 1.54) is 19.3 Å². The Bertz CT molecular complexity index is 1070. The molecule has 32 heavy (non-hydrogen) atoms. The highest BCUT2D eigenvalue weighted by atomic mass is 16.5. The van der Waals surface area contributed by atoms with Crippen molar-refractivity contribution in [3.8, 4) is 5.75 Å². The number of fused-ring (bicyclic) bond motifs is 2. The van der Waals surface area contributed by atoms with Crippen molar-refractivity contribution in [1.82, 2.24) is 24.8 Å². The fraction of sp³-hybridized carbons (Fsp3) is 0.500. The summed E-state index contributed by atoms with van der Waals surface area (Å²) in [5.74, 6) is 2.56. The molecule has 4 heterocycles. The van der Waals surface area contributed by atoms with Gasteiger partial charge in [-0.05, 0) is 62.5 Å². The van der Waals surface area contributed by atoms with Gasteiger partial charge in [-0.15, -0.1) is 0 Å². The molecular weight excluding hydrogens is 404 g/mol. The van der Waals surface area contributed by atoms with E-state index in [0.717, 1.165) is 60.9 Å². The van der Waals surface area contributed by atoms with Crippen molar-refractivity contribution in [2.75, 3.05) is 38.2 Å². The van der Waals surface area contributed by atoms with Crippen LogP contribution in [0.4, 0.5) is 5.82 Å². The summed E-state index contributed by atoms with van der Waals surface area (Å²) in [6.45, 7) is 4.04. The average molecular weight is 435 g/mol. The number of aromatic amines is 1. The van der Waals surface area contributed by atoms with Crippen LogP contribution in [0, 0.1) is 5.92 Å². The summed E-state index contributed by atoms with van der Waals surface area (Å²) in [6.07, 6.45) is 8.49. The molecule has 2 atom stereocenters. The summed E-state index contributed by atoms with van der Waals surface area (Å²) in [5, 5.41) is 0. The van der Waals surface area contributed by atoms with Crippen molar-refractivity contribution in [3.63, 3.8) is 0 Å².